The van der Waals surface area contributed by atoms with Gasteiger partial charge in [0.25, 0.3) is 0 Å². The van der Waals surface area contributed by atoms with E-state index in [2.05, 4.69) is 10.1 Å². The van der Waals surface area contributed by atoms with Gasteiger partial charge in [0.1, 0.15) is 4.32 Å². The van der Waals surface area contributed by atoms with Crippen molar-refractivity contribution in [2.45, 2.75) is 26.2 Å². The maximum atomic E-state index is 8.48. The summed E-state index contributed by atoms with van der Waals surface area (Å²) in [6.45, 7) is 3.97. The van der Waals surface area contributed by atoms with Crippen LogP contribution in [-0.2, 0) is 0 Å². The van der Waals surface area contributed by atoms with Crippen LogP contribution in [0.1, 0.15) is 26.2 Å². The lowest BCUT2D eigenvalue weighted by atomic mass is 10.1. The topological polar surface area (TPSA) is 35.8 Å². The lowest BCUT2D eigenvalue weighted by molar-refractivity contribution is 0.318. The molecule has 0 aromatic carbocycles. The molecule has 14 heavy (non-hydrogen) atoms. The highest BCUT2D eigenvalue weighted by Crippen LogP contribution is 2.16. The zero-order valence-electron chi connectivity index (χ0n) is 8.40. The van der Waals surface area contributed by atoms with Gasteiger partial charge in [0, 0.05) is 18.8 Å². The average molecular weight is 232 g/mol. The molecule has 0 radical (unpaired) electrons. The van der Waals surface area contributed by atoms with Crippen LogP contribution in [0.3, 0.4) is 0 Å². The summed E-state index contributed by atoms with van der Waals surface area (Å²) < 4.78 is 0.938. The minimum Gasteiger partial charge on any atom is -0.411 e. The van der Waals surface area contributed by atoms with Crippen LogP contribution in [0, 0.1) is 0 Å². The van der Waals surface area contributed by atoms with E-state index in [4.69, 9.17) is 17.4 Å². The van der Waals surface area contributed by atoms with Crippen LogP contribution in [0.25, 0.3) is 0 Å². The van der Waals surface area contributed by atoms with E-state index in [0.717, 1.165) is 17.4 Å². The first-order valence-corrected chi connectivity index (χ1v) is 6.22. The lowest BCUT2D eigenvalue weighted by Crippen LogP contribution is -2.33. The van der Waals surface area contributed by atoms with Crippen molar-refractivity contribution in [2.75, 3.05) is 18.8 Å². The number of hydrogen-bond acceptors (Lipinski definition) is 4. The minimum absolute atomic E-state index is 0.686. The SMILES string of the molecule is C/C(CSC(=S)N1CCCCC1)=N/O. The molecule has 1 heterocycles. The van der Waals surface area contributed by atoms with E-state index in [-0.39, 0.29) is 0 Å². The lowest BCUT2D eigenvalue weighted by Gasteiger charge is -2.28. The molecule has 0 amide bonds. The van der Waals surface area contributed by atoms with Gasteiger partial charge in [-0.25, -0.2) is 0 Å². The smallest absolute Gasteiger partial charge is 0.136 e. The second kappa shape index (κ2) is 6.24. The Morgan fingerprint density at radius 3 is 2.64 bits per heavy atom. The molecule has 0 atom stereocenters. The van der Waals surface area contributed by atoms with Crippen molar-refractivity contribution >= 4 is 34.0 Å². The van der Waals surface area contributed by atoms with Gasteiger partial charge in [-0.2, -0.15) is 0 Å². The number of thiocarbonyl (C=S) groups is 1. The first-order chi connectivity index (χ1) is 6.74. The van der Waals surface area contributed by atoms with Crippen molar-refractivity contribution in [1.82, 2.24) is 4.90 Å². The number of thioether (sulfide) groups is 1. The summed E-state index contributed by atoms with van der Waals surface area (Å²) in [7, 11) is 0. The van der Waals surface area contributed by atoms with Crippen molar-refractivity contribution in [3.05, 3.63) is 0 Å². The van der Waals surface area contributed by atoms with Gasteiger partial charge in [-0.3, -0.25) is 0 Å². The summed E-state index contributed by atoms with van der Waals surface area (Å²) in [4.78, 5) is 2.24. The predicted molar refractivity (Wildman–Crippen MR) is 65.4 cm³/mol. The maximum Gasteiger partial charge on any atom is 0.136 e. The van der Waals surface area contributed by atoms with Crippen LogP contribution < -0.4 is 0 Å². The summed E-state index contributed by atoms with van der Waals surface area (Å²) in [5.41, 5.74) is 0.717. The van der Waals surface area contributed by atoms with Gasteiger partial charge in [0.15, 0.2) is 0 Å². The molecule has 0 bridgehead atoms. The molecule has 5 heteroatoms. The standard InChI is InChI=1S/C9H16N2OS2/c1-8(10-12)7-14-9(13)11-5-3-2-4-6-11/h12H,2-7H2,1H3/b10-8-. The van der Waals surface area contributed by atoms with Gasteiger partial charge >= 0.3 is 0 Å². The average Bonchev–Trinajstić information content (AvgIpc) is 2.26. The molecule has 80 valence electrons. The van der Waals surface area contributed by atoms with Gasteiger partial charge in [0.05, 0.1) is 5.71 Å². The summed E-state index contributed by atoms with van der Waals surface area (Å²) >= 11 is 6.87. The summed E-state index contributed by atoms with van der Waals surface area (Å²) in [6, 6.07) is 0. The monoisotopic (exact) mass is 232 g/mol. The first kappa shape index (κ1) is 11.8. The third kappa shape index (κ3) is 3.84. The molecule has 0 spiro atoms. The molecule has 1 saturated heterocycles. The quantitative estimate of drug-likeness (QED) is 0.343. The molecule has 1 fully saturated rings. The molecule has 3 nitrogen and oxygen atoms in total. The Hall–Kier alpha value is -0.290. The maximum absolute atomic E-state index is 8.48. The fourth-order valence-corrected chi connectivity index (χ4v) is 2.48. The number of piperidine rings is 1. The van der Waals surface area contributed by atoms with E-state index in [1.165, 1.54) is 19.3 Å². The van der Waals surface area contributed by atoms with Crippen molar-refractivity contribution in [1.29, 1.82) is 0 Å². The number of likely N-dealkylation sites (tertiary alicyclic amines) is 1. The highest BCUT2D eigenvalue weighted by molar-refractivity contribution is 8.23. The Morgan fingerprint density at radius 2 is 2.07 bits per heavy atom. The van der Waals surface area contributed by atoms with E-state index in [1.54, 1.807) is 18.7 Å². The molecule has 0 aliphatic carbocycles. The number of rotatable bonds is 2. The summed E-state index contributed by atoms with van der Waals surface area (Å²) in [5.74, 6) is 0.686. The molecule has 1 rings (SSSR count). The number of hydrogen-bond donors (Lipinski definition) is 1. The normalized spacial score (nSPS) is 18.4. The van der Waals surface area contributed by atoms with Gasteiger partial charge in [-0.15, -0.1) is 0 Å². The first-order valence-electron chi connectivity index (χ1n) is 4.83. The van der Waals surface area contributed by atoms with Gasteiger partial charge in [-0.1, -0.05) is 29.1 Å². The second-order valence-electron chi connectivity index (χ2n) is 3.44. The summed E-state index contributed by atoms with van der Waals surface area (Å²) in [5, 5.41) is 11.6. The second-order valence-corrected chi connectivity index (χ2v) is 5.05. The summed E-state index contributed by atoms with van der Waals surface area (Å²) in [6.07, 6.45) is 3.81. The van der Waals surface area contributed by atoms with Gasteiger partial charge in [-0.05, 0) is 26.2 Å². The molecule has 0 aromatic heterocycles. The Bertz CT molecular complexity index is 225. The number of oxime groups is 1. The largest absolute Gasteiger partial charge is 0.411 e. The number of nitrogens with zero attached hydrogens (tertiary/aromatic N) is 2. The van der Waals surface area contributed by atoms with Crippen molar-refractivity contribution in [2.24, 2.45) is 5.16 Å². The predicted octanol–water partition coefficient (Wildman–Crippen LogP) is 2.34. The zero-order chi connectivity index (χ0) is 10.4. The fraction of sp³-hybridized carbons (Fsp3) is 0.778. The van der Waals surface area contributed by atoms with Crippen LogP contribution >= 0.6 is 24.0 Å². The molecular formula is C9H16N2OS2. The van der Waals surface area contributed by atoms with Crippen molar-refractivity contribution in [3.8, 4) is 0 Å². The van der Waals surface area contributed by atoms with Crippen molar-refractivity contribution < 1.29 is 5.21 Å². The van der Waals surface area contributed by atoms with Crippen LogP contribution in [-0.4, -0.2) is 39.0 Å². The van der Waals surface area contributed by atoms with E-state index in [1.807, 2.05) is 0 Å². The Morgan fingerprint density at radius 1 is 1.43 bits per heavy atom. The van der Waals surface area contributed by atoms with Crippen LogP contribution in [0.5, 0.6) is 0 Å². The third-order valence-corrected chi connectivity index (χ3v) is 3.87. The molecule has 0 unspecified atom stereocenters. The third-order valence-electron chi connectivity index (χ3n) is 2.19. The molecule has 1 aliphatic heterocycles. The molecule has 1 aliphatic rings. The van der Waals surface area contributed by atoms with E-state index in [0.29, 0.717) is 11.5 Å². The van der Waals surface area contributed by atoms with Crippen LogP contribution in [0.4, 0.5) is 0 Å². The molecule has 0 aromatic rings. The Kier molecular flexibility index (Phi) is 5.25. The zero-order valence-corrected chi connectivity index (χ0v) is 10.0. The van der Waals surface area contributed by atoms with Gasteiger partial charge in [0.2, 0.25) is 0 Å². The van der Waals surface area contributed by atoms with Crippen LogP contribution in [0.15, 0.2) is 5.16 Å². The highest BCUT2D eigenvalue weighted by atomic mass is 32.2. The highest BCUT2D eigenvalue weighted by Gasteiger charge is 2.13. The molecule has 0 saturated carbocycles. The van der Waals surface area contributed by atoms with E-state index in [9.17, 15) is 0 Å². The van der Waals surface area contributed by atoms with Gasteiger partial charge < -0.3 is 10.1 Å². The van der Waals surface area contributed by atoms with E-state index >= 15 is 0 Å². The van der Waals surface area contributed by atoms with Crippen molar-refractivity contribution in [3.63, 3.8) is 0 Å². The minimum atomic E-state index is 0.686. The fourth-order valence-electron chi connectivity index (χ4n) is 1.36. The Labute approximate surface area is 94.5 Å². The Balaban J connectivity index is 2.26. The van der Waals surface area contributed by atoms with E-state index < -0.39 is 0 Å². The molecule has 1 N–H and O–H groups in total. The van der Waals surface area contributed by atoms with Crippen LogP contribution in [0.2, 0.25) is 0 Å². The molecular weight excluding hydrogens is 216 g/mol.